The summed E-state index contributed by atoms with van der Waals surface area (Å²) in [5.41, 5.74) is 3.65. The van der Waals surface area contributed by atoms with Crippen molar-refractivity contribution in [3.8, 4) is 0 Å². The number of hydrogen-bond acceptors (Lipinski definition) is 4. The zero-order valence-electron chi connectivity index (χ0n) is 15.5. The summed E-state index contributed by atoms with van der Waals surface area (Å²) in [5, 5.41) is 7.83. The van der Waals surface area contributed by atoms with Gasteiger partial charge in [-0.3, -0.25) is 0 Å². The summed E-state index contributed by atoms with van der Waals surface area (Å²) in [5.74, 6) is 0.843. The summed E-state index contributed by atoms with van der Waals surface area (Å²) in [6, 6.07) is 6.54. The van der Waals surface area contributed by atoms with Crippen molar-refractivity contribution in [1.29, 1.82) is 0 Å². The molecule has 2 aromatic rings. The van der Waals surface area contributed by atoms with Gasteiger partial charge in [0, 0.05) is 16.3 Å². The number of halogens is 1. The van der Waals surface area contributed by atoms with Gasteiger partial charge in [0.25, 0.3) is 0 Å². The number of guanidine groups is 1. The van der Waals surface area contributed by atoms with Gasteiger partial charge < -0.3 is 10.6 Å². The van der Waals surface area contributed by atoms with E-state index in [0.717, 1.165) is 29.8 Å². The molecule has 0 saturated carbocycles. The average molecular weight is 490 g/mol. The van der Waals surface area contributed by atoms with E-state index in [0.29, 0.717) is 6.54 Å². The molecule has 0 aliphatic carbocycles. The molecule has 0 spiro atoms. The summed E-state index contributed by atoms with van der Waals surface area (Å²) in [4.78, 5) is 11.8. The van der Waals surface area contributed by atoms with Gasteiger partial charge in [-0.2, -0.15) is 0 Å². The average Bonchev–Trinajstić information content (AvgIpc) is 2.88. The maximum absolute atomic E-state index is 4.74. The van der Waals surface area contributed by atoms with Crippen LogP contribution in [0.15, 0.2) is 28.1 Å². The Morgan fingerprint density at radius 1 is 1.24 bits per heavy atom. The van der Waals surface area contributed by atoms with Crippen molar-refractivity contribution in [2.45, 2.75) is 45.7 Å². The summed E-state index contributed by atoms with van der Waals surface area (Å²) in [7, 11) is 0. The monoisotopic (exact) mass is 490 g/mol. The van der Waals surface area contributed by atoms with E-state index < -0.39 is 0 Å². The highest BCUT2D eigenvalue weighted by Gasteiger charge is 2.06. The first-order valence-electron chi connectivity index (χ1n) is 8.12. The van der Waals surface area contributed by atoms with Gasteiger partial charge in [0.05, 0.1) is 23.8 Å². The van der Waals surface area contributed by atoms with Crippen LogP contribution in [0, 0.1) is 20.8 Å². The summed E-state index contributed by atoms with van der Waals surface area (Å²) >= 11 is 3.51. The van der Waals surface area contributed by atoms with E-state index in [1.54, 1.807) is 23.1 Å². The van der Waals surface area contributed by atoms with Crippen molar-refractivity contribution in [2.24, 2.45) is 4.99 Å². The SMILES string of the molecule is CCNC(=NCc1ccc(C)cc1SC)NCc1sc(C)nc1C.I. The molecule has 4 nitrogen and oxygen atoms in total. The minimum absolute atomic E-state index is 0. The quantitative estimate of drug-likeness (QED) is 0.268. The van der Waals surface area contributed by atoms with E-state index in [4.69, 9.17) is 4.99 Å². The number of thiazole rings is 1. The Balaban J connectivity index is 0.00000312. The minimum atomic E-state index is 0. The van der Waals surface area contributed by atoms with Crippen LogP contribution in [0.5, 0.6) is 0 Å². The molecule has 0 aliphatic rings. The Kier molecular flexibility index (Phi) is 9.81. The second-order valence-corrected chi connectivity index (χ2v) is 7.74. The van der Waals surface area contributed by atoms with Gasteiger partial charge in [0.15, 0.2) is 5.96 Å². The van der Waals surface area contributed by atoms with E-state index in [1.165, 1.54) is 20.9 Å². The van der Waals surface area contributed by atoms with E-state index in [1.807, 2.05) is 6.92 Å². The van der Waals surface area contributed by atoms with Crippen LogP contribution in [0.4, 0.5) is 0 Å². The zero-order chi connectivity index (χ0) is 17.5. The van der Waals surface area contributed by atoms with Crippen LogP contribution in [-0.2, 0) is 13.1 Å². The van der Waals surface area contributed by atoms with Crippen LogP contribution < -0.4 is 10.6 Å². The number of aryl methyl sites for hydroxylation is 3. The fraction of sp³-hybridized carbons (Fsp3) is 0.444. The zero-order valence-corrected chi connectivity index (χ0v) is 19.4. The second kappa shape index (κ2) is 11.0. The molecule has 0 saturated heterocycles. The third-order valence-corrected chi connectivity index (χ3v) is 5.50. The molecule has 25 heavy (non-hydrogen) atoms. The molecule has 1 aromatic carbocycles. The standard InChI is InChI=1S/C18H26N4S2.HI/c1-6-19-18(21-11-17-13(3)22-14(4)24-17)20-10-15-8-7-12(2)9-16(15)23-5;/h7-9H,6,10-11H2,1-5H3,(H2,19,20,21);1H. The van der Waals surface area contributed by atoms with Crippen LogP contribution >= 0.6 is 47.1 Å². The number of nitrogens with one attached hydrogen (secondary N) is 2. The van der Waals surface area contributed by atoms with Gasteiger partial charge >= 0.3 is 0 Å². The molecule has 0 bridgehead atoms. The van der Waals surface area contributed by atoms with E-state index >= 15 is 0 Å². The first-order chi connectivity index (χ1) is 11.5. The van der Waals surface area contributed by atoms with E-state index in [9.17, 15) is 0 Å². The number of aromatic nitrogens is 1. The largest absolute Gasteiger partial charge is 0.357 e. The second-order valence-electron chi connectivity index (χ2n) is 5.61. The number of nitrogens with zero attached hydrogens (tertiary/aromatic N) is 2. The summed E-state index contributed by atoms with van der Waals surface area (Å²) in [6.45, 7) is 10.6. The maximum atomic E-state index is 4.74. The highest BCUT2D eigenvalue weighted by molar-refractivity contribution is 14.0. The summed E-state index contributed by atoms with van der Waals surface area (Å²) in [6.07, 6.45) is 2.11. The lowest BCUT2D eigenvalue weighted by atomic mass is 10.1. The molecule has 0 atom stereocenters. The molecule has 0 unspecified atom stereocenters. The Bertz CT molecular complexity index is 713. The smallest absolute Gasteiger partial charge is 0.191 e. The maximum Gasteiger partial charge on any atom is 0.191 e. The molecular formula is C18H27IN4S2. The van der Waals surface area contributed by atoms with Crippen molar-refractivity contribution in [2.75, 3.05) is 12.8 Å². The van der Waals surface area contributed by atoms with Crippen LogP contribution in [0.1, 0.15) is 33.6 Å². The molecular weight excluding hydrogens is 463 g/mol. The van der Waals surface area contributed by atoms with E-state index in [2.05, 4.69) is 60.8 Å². The number of benzene rings is 1. The molecule has 7 heteroatoms. The fourth-order valence-electron chi connectivity index (χ4n) is 2.39. The Morgan fingerprint density at radius 3 is 2.60 bits per heavy atom. The van der Waals surface area contributed by atoms with E-state index in [-0.39, 0.29) is 24.0 Å². The Hall–Kier alpha value is -0.800. The predicted octanol–water partition coefficient (Wildman–Crippen LogP) is 4.66. The van der Waals surface area contributed by atoms with Crippen molar-refractivity contribution >= 4 is 53.0 Å². The predicted molar refractivity (Wildman–Crippen MR) is 122 cm³/mol. The molecule has 2 rings (SSSR count). The van der Waals surface area contributed by atoms with Gasteiger partial charge in [-0.05, 0) is 51.1 Å². The lowest BCUT2D eigenvalue weighted by molar-refractivity contribution is 0.816. The van der Waals surface area contributed by atoms with Crippen molar-refractivity contribution in [3.05, 3.63) is 44.9 Å². The highest BCUT2D eigenvalue weighted by Crippen LogP contribution is 2.22. The van der Waals surface area contributed by atoms with Crippen molar-refractivity contribution in [1.82, 2.24) is 15.6 Å². The third-order valence-electron chi connectivity index (χ3n) is 3.61. The molecule has 2 N–H and O–H groups in total. The number of rotatable bonds is 6. The molecule has 0 radical (unpaired) electrons. The lowest BCUT2D eigenvalue weighted by Crippen LogP contribution is -2.36. The molecule has 0 amide bonds. The number of aliphatic imine (C=N–C) groups is 1. The third kappa shape index (κ3) is 6.79. The van der Waals surface area contributed by atoms with Crippen LogP contribution in [-0.4, -0.2) is 23.7 Å². The summed E-state index contributed by atoms with van der Waals surface area (Å²) < 4.78 is 0. The first-order valence-corrected chi connectivity index (χ1v) is 10.2. The van der Waals surface area contributed by atoms with Crippen molar-refractivity contribution < 1.29 is 0 Å². The normalized spacial score (nSPS) is 11.2. The van der Waals surface area contributed by atoms with Gasteiger partial charge in [-0.25, -0.2) is 9.98 Å². The van der Waals surface area contributed by atoms with Crippen LogP contribution in [0.3, 0.4) is 0 Å². The van der Waals surface area contributed by atoms with Gasteiger partial charge in [-0.1, -0.05) is 12.1 Å². The fourth-order valence-corrected chi connectivity index (χ4v) is 3.97. The minimum Gasteiger partial charge on any atom is -0.357 e. The van der Waals surface area contributed by atoms with Crippen LogP contribution in [0.2, 0.25) is 0 Å². The molecule has 1 aromatic heterocycles. The highest BCUT2D eigenvalue weighted by atomic mass is 127. The molecule has 0 aliphatic heterocycles. The van der Waals surface area contributed by atoms with Gasteiger partial charge in [0.2, 0.25) is 0 Å². The topological polar surface area (TPSA) is 49.3 Å². The lowest BCUT2D eigenvalue weighted by Gasteiger charge is -2.12. The number of thioether (sulfide) groups is 1. The van der Waals surface area contributed by atoms with Gasteiger partial charge in [0.1, 0.15) is 0 Å². The van der Waals surface area contributed by atoms with Gasteiger partial charge in [-0.15, -0.1) is 47.1 Å². The Labute approximate surface area is 176 Å². The number of hydrogen-bond donors (Lipinski definition) is 2. The van der Waals surface area contributed by atoms with Crippen LogP contribution in [0.25, 0.3) is 0 Å². The molecule has 1 heterocycles. The van der Waals surface area contributed by atoms with Crippen molar-refractivity contribution in [3.63, 3.8) is 0 Å². The Morgan fingerprint density at radius 2 is 2.00 bits per heavy atom. The first kappa shape index (κ1) is 22.2. The molecule has 138 valence electrons. The molecule has 0 fully saturated rings.